The van der Waals surface area contributed by atoms with Crippen LogP contribution in [-0.2, 0) is 4.74 Å². The van der Waals surface area contributed by atoms with Crippen molar-refractivity contribution in [1.82, 2.24) is 0 Å². The summed E-state index contributed by atoms with van der Waals surface area (Å²) in [5.41, 5.74) is 1.16. The van der Waals surface area contributed by atoms with Gasteiger partial charge in [0.1, 0.15) is 5.76 Å². The predicted octanol–water partition coefficient (Wildman–Crippen LogP) is 3.49. The lowest BCUT2D eigenvalue weighted by Gasteiger charge is -2.29. The van der Waals surface area contributed by atoms with Gasteiger partial charge in [-0.25, -0.2) is 0 Å². The van der Waals surface area contributed by atoms with E-state index in [-0.39, 0.29) is 5.41 Å². The fourth-order valence-electron chi connectivity index (χ4n) is 2.03. The number of para-hydroxylation sites is 1. The fraction of sp³-hybridized carbons (Fsp3) is 0.467. The third kappa shape index (κ3) is 2.45. The van der Waals surface area contributed by atoms with E-state index < -0.39 is 0 Å². The second kappa shape index (κ2) is 4.92. The summed E-state index contributed by atoms with van der Waals surface area (Å²) in [4.78, 5) is 0. The van der Waals surface area contributed by atoms with Gasteiger partial charge in [-0.05, 0) is 24.6 Å². The molecule has 18 heavy (non-hydrogen) atoms. The monoisotopic (exact) mass is 248 g/mol. The molecule has 3 heteroatoms. The summed E-state index contributed by atoms with van der Waals surface area (Å²) in [6, 6.07) is 5.82. The first-order chi connectivity index (χ1) is 8.57. The smallest absolute Gasteiger partial charge is 0.171 e. The highest BCUT2D eigenvalue weighted by molar-refractivity contribution is 5.69. The summed E-state index contributed by atoms with van der Waals surface area (Å²) < 4.78 is 16.6. The molecule has 0 aromatic heterocycles. The van der Waals surface area contributed by atoms with Gasteiger partial charge in [-0.2, -0.15) is 0 Å². The number of allylic oxidation sites excluding steroid dienone is 1. The van der Waals surface area contributed by atoms with Crippen molar-refractivity contribution < 1.29 is 14.2 Å². The molecule has 1 aliphatic heterocycles. The molecule has 1 heterocycles. The van der Waals surface area contributed by atoms with Crippen molar-refractivity contribution in [3.63, 3.8) is 0 Å². The molecular formula is C15H20O3. The minimum atomic E-state index is 0.204. The zero-order valence-corrected chi connectivity index (χ0v) is 11.4. The molecule has 0 bridgehead atoms. The molecular weight excluding hydrogens is 228 g/mol. The number of rotatable bonds is 3. The summed E-state index contributed by atoms with van der Waals surface area (Å²) in [6.45, 7) is 5.12. The van der Waals surface area contributed by atoms with Gasteiger partial charge in [0.2, 0.25) is 0 Å². The van der Waals surface area contributed by atoms with E-state index in [1.54, 1.807) is 14.2 Å². The number of benzene rings is 1. The van der Waals surface area contributed by atoms with Crippen LogP contribution < -0.4 is 9.47 Å². The van der Waals surface area contributed by atoms with Crippen LogP contribution in [-0.4, -0.2) is 20.8 Å². The Hall–Kier alpha value is -1.64. The molecule has 0 radical (unpaired) electrons. The van der Waals surface area contributed by atoms with E-state index in [0.29, 0.717) is 0 Å². The molecule has 1 aromatic rings. The zero-order valence-electron chi connectivity index (χ0n) is 11.4. The number of methoxy groups -OCH3 is 2. The Morgan fingerprint density at radius 1 is 1.17 bits per heavy atom. The van der Waals surface area contributed by atoms with E-state index in [9.17, 15) is 0 Å². The number of hydrogen-bond acceptors (Lipinski definition) is 3. The van der Waals surface area contributed by atoms with Crippen LogP contribution in [0.5, 0.6) is 11.5 Å². The van der Waals surface area contributed by atoms with Gasteiger partial charge < -0.3 is 14.2 Å². The summed E-state index contributed by atoms with van der Waals surface area (Å²) in [7, 11) is 3.29. The van der Waals surface area contributed by atoms with Gasteiger partial charge >= 0.3 is 0 Å². The standard InChI is InChI=1S/C15H20O3/c1-15(2)9-8-12(18-10-15)11-6-5-7-13(16-3)14(11)17-4/h5-8H,9-10H2,1-4H3. The summed E-state index contributed by atoms with van der Waals surface area (Å²) in [5, 5.41) is 0. The summed E-state index contributed by atoms with van der Waals surface area (Å²) in [5.74, 6) is 2.33. The first-order valence-corrected chi connectivity index (χ1v) is 6.12. The highest BCUT2D eigenvalue weighted by Crippen LogP contribution is 2.39. The maximum absolute atomic E-state index is 5.85. The largest absolute Gasteiger partial charge is 0.493 e. The van der Waals surface area contributed by atoms with Crippen molar-refractivity contribution in [2.24, 2.45) is 5.41 Å². The van der Waals surface area contributed by atoms with Crippen molar-refractivity contribution in [3.05, 3.63) is 29.8 Å². The molecule has 0 amide bonds. The molecule has 2 rings (SSSR count). The van der Waals surface area contributed by atoms with Crippen molar-refractivity contribution in [3.8, 4) is 11.5 Å². The molecule has 0 fully saturated rings. The van der Waals surface area contributed by atoms with E-state index in [4.69, 9.17) is 14.2 Å². The van der Waals surface area contributed by atoms with Crippen LogP contribution in [0.4, 0.5) is 0 Å². The van der Waals surface area contributed by atoms with Gasteiger partial charge in [0.05, 0.1) is 26.4 Å². The molecule has 1 aromatic carbocycles. The molecule has 3 nitrogen and oxygen atoms in total. The Kier molecular flexibility index (Phi) is 3.50. The van der Waals surface area contributed by atoms with Gasteiger partial charge in [-0.1, -0.05) is 19.9 Å². The lowest BCUT2D eigenvalue weighted by atomic mass is 9.88. The highest BCUT2D eigenvalue weighted by Gasteiger charge is 2.25. The van der Waals surface area contributed by atoms with Crippen LogP contribution in [0.25, 0.3) is 5.76 Å². The van der Waals surface area contributed by atoms with E-state index in [1.165, 1.54) is 0 Å². The SMILES string of the molecule is COc1cccc(C2=CCC(C)(C)CO2)c1OC. The van der Waals surface area contributed by atoms with Gasteiger partial charge in [-0.3, -0.25) is 0 Å². The first kappa shape index (κ1) is 12.8. The van der Waals surface area contributed by atoms with E-state index in [0.717, 1.165) is 35.8 Å². The Balaban J connectivity index is 2.37. The summed E-state index contributed by atoms with van der Waals surface area (Å²) in [6.07, 6.45) is 3.13. The van der Waals surface area contributed by atoms with Crippen molar-refractivity contribution in [2.75, 3.05) is 20.8 Å². The van der Waals surface area contributed by atoms with Gasteiger partial charge in [0.15, 0.2) is 11.5 Å². The lowest BCUT2D eigenvalue weighted by Crippen LogP contribution is -2.22. The van der Waals surface area contributed by atoms with E-state index in [2.05, 4.69) is 19.9 Å². The Bertz CT molecular complexity index is 461. The number of hydrogen-bond donors (Lipinski definition) is 0. The van der Waals surface area contributed by atoms with Crippen LogP contribution in [0, 0.1) is 5.41 Å². The normalized spacial score (nSPS) is 17.7. The molecule has 0 N–H and O–H groups in total. The lowest BCUT2D eigenvalue weighted by molar-refractivity contribution is 0.139. The van der Waals surface area contributed by atoms with Gasteiger partial charge in [0, 0.05) is 5.41 Å². The molecule has 1 aliphatic rings. The average Bonchev–Trinajstić information content (AvgIpc) is 2.37. The van der Waals surface area contributed by atoms with E-state index in [1.807, 2.05) is 18.2 Å². The molecule has 0 saturated carbocycles. The quantitative estimate of drug-likeness (QED) is 0.819. The zero-order chi connectivity index (χ0) is 13.2. The minimum Gasteiger partial charge on any atom is -0.493 e. The van der Waals surface area contributed by atoms with Crippen LogP contribution in [0.2, 0.25) is 0 Å². The van der Waals surface area contributed by atoms with Crippen LogP contribution >= 0.6 is 0 Å². The third-order valence-corrected chi connectivity index (χ3v) is 3.13. The van der Waals surface area contributed by atoms with Crippen LogP contribution in [0.15, 0.2) is 24.3 Å². The molecule has 98 valence electrons. The predicted molar refractivity (Wildman–Crippen MR) is 71.9 cm³/mol. The fourth-order valence-corrected chi connectivity index (χ4v) is 2.03. The minimum absolute atomic E-state index is 0.204. The molecule has 0 saturated heterocycles. The summed E-state index contributed by atoms with van der Waals surface area (Å²) >= 11 is 0. The highest BCUT2D eigenvalue weighted by atomic mass is 16.5. The van der Waals surface area contributed by atoms with Gasteiger partial charge in [0.25, 0.3) is 0 Å². The Morgan fingerprint density at radius 3 is 2.50 bits per heavy atom. The molecule has 0 atom stereocenters. The Morgan fingerprint density at radius 2 is 1.94 bits per heavy atom. The molecule has 0 aliphatic carbocycles. The number of ether oxygens (including phenoxy) is 3. The van der Waals surface area contributed by atoms with Crippen molar-refractivity contribution in [1.29, 1.82) is 0 Å². The molecule has 0 spiro atoms. The second-order valence-electron chi connectivity index (χ2n) is 5.27. The maximum atomic E-state index is 5.85. The second-order valence-corrected chi connectivity index (χ2v) is 5.27. The van der Waals surface area contributed by atoms with Crippen molar-refractivity contribution >= 4 is 5.76 Å². The Labute approximate surface area is 108 Å². The first-order valence-electron chi connectivity index (χ1n) is 6.12. The maximum Gasteiger partial charge on any atom is 0.171 e. The van der Waals surface area contributed by atoms with Gasteiger partial charge in [-0.15, -0.1) is 0 Å². The molecule has 0 unspecified atom stereocenters. The average molecular weight is 248 g/mol. The van der Waals surface area contributed by atoms with Crippen LogP contribution in [0.3, 0.4) is 0 Å². The van der Waals surface area contributed by atoms with E-state index >= 15 is 0 Å². The third-order valence-electron chi connectivity index (χ3n) is 3.13. The topological polar surface area (TPSA) is 27.7 Å². The van der Waals surface area contributed by atoms with Crippen molar-refractivity contribution in [2.45, 2.75) is 20.3 Å². The van der Waals surface area contributed by atoms with Crippen LogP contribution in [0.1, 0.15) is 25.8 Å².